The maximum atomic E-state index is 16.0. The smallest absolute Gasteiger partial charge is 0.319 e. The van der Waals surface area contributed by atoms with Crippen LogP contribution in [-0.2, 0) is 17.6 Å². The van der Waals surface area contributed by atoms with E-state index in [-0.39, 0.29) is 36.1 Å². The van der Waals surface area contributed by atoms with Crippen LogP contribution in [0.15, 0.2) is 36.9 Å². The van der Waals surface area contributed by atoms with E-state index in [4.69, 9.17) is 14.7 Å². The molecule has 4 atom stereocenters. The Morgan fingerprint density at radius 1 is 1.07 bits per heavy atom. The Morgan fingerprint density at radius 2 is 1.93 bits per heavy atom. The number of anilines is 1. The standard InChI is InChI=1S/C33H35F3N6O2/c1-19(34)31(43)41-10-7-28-29(41)17-42(28)30-24-11-26(36)23(25-15-37-14-20-5-2-3-6-22(20)25)12-27(24)38-32(39-30)44-18-33-8-4-9-40(33)16-21(35)13-33/h11-12,14-15,21,28-29H,1-10,13,16-18H2/t21-,28-,29-,33+/m1/s1. The Labute approximate surface area is 253 Å². The summed E-state index contributed by atoms with van der Waals surface area (Å²) in [6.07, 6.45) is 9.59. The van der Waals surface area contributed by atoms with Gasteiger partial charge in [0.15, 0.2) is 5.83 Å². The average Bonchev–Trinajstić information content (AvgIpc) is 3.64. The van der Waals surface area contributed by atoms with Crippen LogP contribution in [0.5, 0.6) is 6.01 Å². The first-order valence-electron chi connectivity index (χ1n) is 15.7. The summed E-state index contributed by atoms with van der Waals surface area (Å²) in [6.45, 7) is 5.56. The predicted molar refractivity (Wildman–Crippen MR) is 159 cm³/mol. The molecule has 0 unspecified atom stereocenters. The summed E-state index contributed by atoms with van der Waals surface area (Å²) < 4.78 is 50.5. The zero-order valence-corrected chi connectivity index (χ0v) is 24.6. The molecule has 230 valence electrons. The number of aromatic nitrogens is 3. The Kier molecular flexibility index (Phi) is 6.59. The number of rotatable bonds is 6. The average molecular weight is 605 g/mol. The van der Waals surface area contributed by atoms with Gasteiger partial charge >= 0.3 is 6.01 Å². The number of benzene rings is 1. The highest BCUT2D eigenvalue weighted by Crippen LogP contribution is 2.43. The highest BCUT2D eigenvalue weighted by Gasteiger charge is 2.51. The lowest BCUT2D eigenvalue weighted by Crippen LogP contribution is -2.63. The Hall–Kier alpha value is -3.73. The highest BCUT2D eigenvalue weighted by molar-refractivity contribution is 5.95. The van der Waals surface area contributed by atoms with Crippen molar-refractivity contribution in [3.05, 3.63) is 53.9 Å². The molecule has 8 rings (SSSR count). The van der Waals surface area contributed by atoms with Crippen LogP contribution in [0.3, 0.4) is 0 Å². The van der Waals surface area contributed by atoms with Crippen molar-refractivity contribution < 1.29 is 22.7 Å². The maximum Gasteiger partial charge on any atom is 0.319 e. The third-order valence-corrected chi connectivity index (χ3v) is 10.6. The number of fused-ring (bicyclic) bond motifs is 4. The van der Waals surface area contributed by atoms with Crippen LogP contribution in [0.25, 0.3) is 22.0 Å². The van der Waals surface area contributed by atoms with Gasteiger partial charge in [0.2, 0.25) is 0 Å². The van der Waals surface area contributed by atoms with Gasteiger partial charge < -0.3 is 14.5 Å². The van der Waals surface area contributed by atoms with E-state index in [0.717, 1.165) is 61.8 Å². The molecule has 8 nitrogen and oxygen atoms in total. The minimum atomic E-state index is -0.970. The molecule has 4 fully saturated rings. The van der Waals surface area contributed by atoms with Crippen LogP contribution >= 0.6 is 0 Å². The molecule has 2 aromatic heterocycles. The largest absolute Gasteiger partial charge is 0.461 e. The fourth-order valence-corrected chi connectivity index (χ4v) is 8.41. The van der Waals surface area contributed by atoms with Gasteiger partial charge in [-0.2, -0.15) is 9.97 Å². The molecular weight excluding hydrogens is 569 g/mol. The van der Waals surface area contributed by atoms with Crippen LogP contribution in [0, 0.1) is 5.82 Å². The summed E-state index contributed by atoms with van der Waals surface area (Å²) in [5.41, 5.74) is 3.68. The maximum absolute atomic E-state index is 16.0. The monoisotopic (exact) mass is 604 g/mol. The lowest BCUT2D eigenvalue weighted by atomic mass is 9.87. The minimum absolute atomic E-state index is 0.0941. The molecule has 0 radical (unpaired) electrons. The normalized spacial score (nSPS) is 27.7. The van der Waals surface area contributed by atoms with Gasteiger partial charge in [-0.05, 0) is 74.8 Å². The summed E-state index contributed by atoms with van der Waals surface area (Å²) in [5, 5.41) is 0.542. The topological polar surface area (TPSA) is 74.7 Å². The van der Waals surface area contributed by atoms with Crippen molar-refractivity contribution in [1.29, 1.82) is 0 Å². The number of aryl methyl sites for hydroxylation is 1. The number of hydrogen-bond donors (Lipinski definition) is 0. The van der Waals surface area contributed by atoms with Crippen molar-refractivity contribution in [2.24, 2.45) is 0 Å². The molecule has 4 saturated heterocycles. The number of carbonyl (C=O) groups is 1. The van der Waals surface area contributed by atoms with Gasteiger partial charge in [0.1, 0.15) is 24.4 Å². The molecule has 4 aliphatic heterocycles. The van der Waals surface area contributed by atoms with Crippen LogP contribution in [0.4, 0.5) is 19.0 Å². The van der Waals surface area contributed by atoms with Gasteiger partial charge in [0.05, 0.1) is 23.1 Å². The second-order valence-corrected chi connectivity index (χ2v) is 13.1. The molecule has 3 aromatic rings. The summed E-state index contributed by atoms with van der Waals surface area (Å²) in [6, 6.07) is 3.14. The molecule has 1 aromatic carbocycles. The molecule has 0 saturated carbocycles. The fourth-order valence-electron chi connectivity index (χ4n) is 8.41. The van der Waals surface area contributed by atoms with Crippen molar-refractivity contribution >= 4 is 22.6 Å². The molecule has 0 N–H and O–H groups in total. The van der Waals surface area contributed by atoms with E-state index >= 15 is 4.39 Å². The lowest BCUT2D eigenvalue weighted by molar-refractivity contribution is -0.130. The SMILES string of the molecule is C=C(F)C(=O)N1CC[C@@H]2[C@H]1CN2c1nc(OC[C@@]23CCCN2C[C@H](F)C3)nc2cc(-c3cncc4c3CCCC4)c(F)cc12. The summed E-state index contributed by atoms with van der Waals surface area (Å²) in [4.78, 5) is 32.1. The van der Waals surface area contributed by atoms with Crippen molar-refractivity contribution in [3.63, 3.8) is 0 Å². The number of hydrogen-bond acceptors (Lipinski definition) is 7. The summed E-state index contributed by atoms with van der Waals surface area (Å²) >= 11 is 0. The number of pyridine rings is 1. The number of likely N-dealkylation sites (tertiary alicyclic amines) is 1. The molecule has 1 amide bonds. The number of halogens is 3. The third kappa shape index (κ3) is 4.37. The quantitative estimate of drug-likeness (QED) is 0.369. The van der Waals surface area contributed by atoms with Crippen molar-refractivity contribution in [2.45, 2.75) is 75.2 Å². The molecule has 11 heteroatoms. The summed E-state index contributed by atoms with van der Waals surface area (Å²) in [5.74, 6) is -1.52. The number of carbonyl (C=O) groups excluding carboxylic acids is 1. The van der Waals surface area contributed by atoms with Crippen LogP contribution in [-0.4, -0.2) is 87.2 Å². The van der Waals surface area contributed by atoms with Crippen molar-refractivity contribution in [1.82, 2.24) is 24.8 Å². The van der Waals surface area contributed by atoms with E-state index in [1.165, 1.54) is 11.0 Å². The second-order valence-electron chi connectivity index (χ2n) is 13.1. The van der Waals surface area contributed by atoms with Gasteiger partial charge in [0, 0.05) is 55.0 Å². The van der Waals surface area contributed by atoms with Crippen LogP contribution < -0.4 is 9.64 Å². The lowest BCUT2D eigenvalue weighted by Gasteiger charge is -2.47. The van der Waals surface area contributed by atoms with Crippen molar-refractivity contribution in [2.75, 3.05) is 37.7 Å². The molecule has 0 bridgehead atoms. The third-order valence-electron chi connectivity index (χ3n) is 10.6. The van der Waals surface area contributed by atoms with Gasteiger partial charge in [-0.15, -0.1) is 0 Å². The molecule has 1 aliphatic carbocycles. The Bertz CT molecular complexity index is 1680. The fraction of sp³-hybridized carbons (Fsp3) is 0.515. The van der Waals surface area contributed by atoms with E-state index in [0.29, 0.717) is 54.8 Å². The first kappa shape index (κ1) is 27.8. The van der Waals surface area contributed by atoms with Crippen LogP contribution in [0.2, 0.25) is 0 Å². The van der Waals surface area contributed by atoms with E-state index in [1.807, 2.05) is 11.1 Å². The van der Waals surface area contributed by atoms with E-state index in [9.17, 15) is 13.6 Å². The van der Waals surface area contributed by atoms with Crippen molar-refractivity contribution in [3.8, 4) is 17.1 Å². The zero-order chi connectivity index (χ0) is 30.2. The first-order valence-corrected chi connectivity index (χ1v) is 15.7. The second kappa shape index (κ2) is 10.4. The Morgan fingerprint density at radius 3 is 2.80 bits per heavy atom. The van der Waals surface area contributed by atoms with Gasteiger partial charge in [-0.1, -0.05) is 6.58 Å². The van der Waals surface area contributed by atoms with E-state index in [1.54, 1.807) is 12.3 Å². The van der Waals surface area contributed by atoms with Crippen LogP contribution in [0.1, 0.15) is 49.7 Å². The number of ether oxygens (including phenoxy) is 1. The number of amides is 1. The first-order chi connectivity index (χ1) is 21.3. The molecule has 0 spiro atoms. The molecule has 6 heterocycles. The highest BCUT2D eigenvalue weighted by atomic mass is 19.1. The van der Waals surface area contributed by atoms with E-state index in [2.05, 4.69) is 16.5 Å². The van der Waals surface area contributed by atoms with Gasteiger partial charge in [-0.3, -0.25) is 14.7 Å². The molecular formula is C33H35F3N6O2. The minimum Gasteiger partial charge on any atom is -0.461 e. The zero-order valence-electron chi connectivity index (χ0n) is 24.6. The van der Waals surface area contributed by atoms with Gasteiger partial charge in [0.25, 0.3) is 5.91 Å². The van der Waals surface area contributed by atoms with Gasteiger partial charge in [-0.25, -0.2) is 13.2 Å². The number of nitrogens with zero attached hydrogens (tertiary/aromatic N) is 6. The number of alkyl halides is 1. The summed E-state index contributed by atoms with van der Waals surface area (Å²) in [7, 11) is 0. The van der Waals surface area contributed by atoms with E-state index < -0.39 is 17.9 Å². The molecule has 5 aliphatic rings. The molecule has 44 heavy (non-hydrogen) atoms. The Balaban J connectivity index is 1.18. The predicted octanol–water partition coefficient (Wildman–Crippen LogP) is 4.94.